The Morgan fingerprint density at radius 2 is 2.27 bits per heavy atom. The van der Waals surface area contributed by atoms with E-state index in [1.165, 1.54) is 5.56 Å². The molecule has 5 nitrogen and oxygen atoms in total. The Balaban J connectivity index is 1.89. The molecule has 0 aromatic carbocycles. The third kappa shape index (κ3) is 4.98. The molecule has 0 bridgehead atoms. The van der Waals surface area contributed by atoms with E-state index < -0.39 is 5.60 Å². The van der Waals surface area contributed by atoms with Gasteiger partial charge in [-0.05, 0) is 52.3 Å². The van der Waals surface area contributed by atoms with Crippen LogP contribution < -0.4 is 0 Å². The van der Waals surface area contributed by atoms with Gasteiger partial charge in [-0.2, -0.15) is 0 Å². The minimum atomic E-state index is -0.439. The highest BCUT2D eigenvalue weighted by atomic mass is 16.6. The van der Waals surface area contributed by atoms with Crippen molar-refractivity contribution in [2.24, 2.45) is 0 Å². The number of amides is 1. The summed E-state index contributed by atoms with van der Waals surface area (Å²) >= 11 is 0. The van der Waals surface area contributed by atoms with Gasteiger partial charge in [0.2, 0.25) is 0 Å². The molecule has 2 rings (SSSR count). The molecule has 1 fully saturated rings. The summed E-state index contributed by atoms with van der Waals surface area (Å²) in [5.41, 5.74) is 0.748. The van der Waals surface area contributed by atoms with E-state index in [1.807, 2.05) is 37.9 Å². The molecule has 1 aromatic heterocycles. The van der Waals surface area contributed by atoms with Crippen LogP contribution in [-0.4, -0.2) is 52.7 Å². The van der Waals surface area contributed by atoms with Crippen molar-refractivity contribution in [1.82, 2.24) is 14.8 Å². The Morgan fingerprint density at radius 3 is 2.91 bits per heavy atom. The number of carbonyl (C=O) groups excluding carboxylic acids is 1. The molecule has 0 aliphatic carbocycles. The predicted molar refractivity (Wildman–Crippen MR) is 86.5 cm³/mol. The van der Waals surface area contributed by atoms with E-state index in [9.17, 15) is 4.79 Å². The van der Waals surface area contributed by atoms with Gasteiger partial charge in [0.05, 0.1) is 0 Å². The van der Waals surface area contributed by atoms with Crippen LogP contribution in [0.1, 0.15) is 39.2 Å². The van der Waals surface area contributed by atoms with E-state index in [0.29, 0.717) is 0 Å². The summed E-state index contributed by atoms with van der Waals surface area (Å²) in [6, 6.07) is 4.26. The number of carbonyl (C=O) groups is 1. The van der Waals surface area contributed by atoms with Gasteiger partial charge >= 0.3 is 6.09 Å². The number of rotatable bonds is 4. The van der Waals surface area contributed by atoms with Crippen LogP contribution in [0.4, 0.5) is 4.79 Å². The lowest BCUT2D eigenvalue weighted by Gasteiger charge is -2.30. The van der Waals surface area contributed by atoms with Crippen molar-refractivity contribution in [2.45, 2.75) is 51.8 Å². The lowest BCUT2D eigenvalue weighted by Crippen LogP contribution is -2.44. The molecule has 1 aromatic rings. The first-order valence-corrected chi connectivity index (χ1v) is 7.92. The molecule has 5 heteroatoms. The predicted octanol–water partition coefficient (Wildman–Crippen LogP) is 2.91. The van der Waals surface area contributed by atoms with Crippen molar-refractivity contribution in [3.63, 3.8) is 0 Å². The van der Waals surface area contributed by atoms with Crippen molar-refractivity contribution >= 4 is 6.09 Å². The quantitative estimate of drug-likeness (QED) is 0.858. The largest absolute Gasteiger partial charge is 0.444 e. The number of likely N-dealkylation sites (tertiary alicyclic amines) is 1. The van der Waals surface area contributed by atoms with Gasteiger partial charge in [-0.15, -0.1) is 0 Å². The van der Waals surface area contributed by atoms with Gasteiger partial charge in [0.25, 0.3) is 0 Å². The first kappa shape index (κ1) is 16.7. The molecule has 0 radical (unpaired) electrons. The number of hydrogen-bond donors (Lipinski definition) is 0. The Kier molecular flexibility index (Phi) is 5.40. The number of hydrogen-bond acceptors (Lipinski definition) is 4. The summed E-state index contributed by atoms with van der Waals surface area (Å²) in [7, 11) is 2.08. The van der Waals surface area contributed by atoms with Gasteiger partial charge in [-0.1, -0.05) is 6.07 Å². The SMILES string of the molecule is CN(Cc1cccnc1)C[C@@H]1CCCN1C(=O)OC(C)(C)C. The minimum Gasteiger partial charge on any atom is -0.444 e. The van der Waals surface area contributed by atoms with Gasteiger partial charge < -0.3 is 14.5 Å². The van der Waals surface area contributed by atoms with Gasteiger partial charge in [0, 0.05) is 38.1 Å². The van der Waals surface area contributed by atoms with Crippen LogP contribution >= 0.6 is 0 Å². The smallest absolute Gasteiger partial charge is 0.410 e. The maximum absolute atomic E-state index is 12.3. The molecular weight excluding hydrogens is 278 g/mol. The maximum atomic E-state index is 12.3. The van der Waals surface area contributed by atoms with Crippen LogP contribution in [0, 0.1) is 0 Å². The first-order valence-electron chi connectivity index (χ1n) is 7.92. The Hall–Kier alpha value is -1.62. The summed E-state index contributed by atoms with van der Waals surface area (Å²) in [5.74, 6) is 0. The van der Waals surface area contributed by atoms with Crippen molar-refractivity contribution in [2.75, 3.05) is 20.1 Å². The highest BCUT2D eigenvalue weighted by Gasteiger charge is 2.32. The summed E-state index contributed by atoms with van der Waals surface area (Å²) in [6.07, 6.45) is 5.56. The van der Waals surface area contributed by atoms with Gasteiger partial charge in [-0.3, -0.25) is 4.98 Å². The fraction of sp³-hybridized carbons (Fsp3) is 0.647. The second kappa shape index (κ2) is 7.09. The van der Waals surface area contributed by atoms with E-state index in [1.54, 1.807) is 6.20 Å². The molecule has 0 N–H and O–H groups in total. The molecule has 2 heterocycles. The molecule has 1 amide bonds. The van der Waals surface area contributed by atoms with E-state index in [4.69, 9.17) is 4.74 Å². The number of likely N-dealkylation sites (N-methyl/N-ethyl adjacent to an activating group) is 1. The molecule has 0 saturated carbocycles. The topological polar surface area (TPSA) is 45.7 Å². The summed E-state index contributed by atoms with van der Waals surface area (Å²) in [5, 5.41) is 0. The molecule has 22 heavy (non-hydrogen) atoms. The summed E-state index contributed by atoms with van der Waals surface area (Å²) < 4.78 is 5.51. The van der Waals surface area contributed by atoms with Crippen LogP contribution in [0.2, 0.25) is 0 Å². The Labute approximate surface area is 133 Å². The third-order valence-corrected chi connectivity index (χ3v) is 3.70. The first-order chi connectivity index (χ1) is 10.3. The second-order valence-electron chi connectivity index (χ2n) is 7.03. The standard InChI is InChI=1S/C17H27N3O2/c1-17(2,3)22-16(21)20-10-6-8-15(20)13-19(4)12-14-7-5-9-18-11-14/h5,7,9,11,15H,6,8,10,12-13H2,1-4H3/t15-/m0/s1. The van der Waals surface area contributed by atoms with Crippen LogP contribution in [0.3, 0.4) is 0 Å². The van der Waals surface area contributed by atoms with Crippen LogP contribution in [0.5, 0.6) is 0 Å². The van der Waals surface area contributed by atoms with E-state index in [2.05, 4.69) is 23.0 Å². The Bertz CT molecular complexity index is 484. The maximum Gasteiger partial charge on any atom is 0.410 e. The zero-order valence-corrected chi connectivity index (χ0v) is 14.1. The molecule has 0 spiro atoms. The number of ether oxygens (including phenoxy) is 1. The highest BCUT2D eigenvalue weighted by Crippen LogP contribution is 2.21. The number of nitrogens with zero attached hydrogens (tertiary/aromatic N) is 3. The number of aromatic nitrogens is 1. The van der Waals surface area contributed by atoms with Crippen LogP contribution in [-0.2, 0) is 11.3 Å². The van der Waals surface area contributed by atoms with Crippen LogP contribution in [0.25, 0.3) is 0 Å². The average Bonchev–Trinajstić information content (AvgIpc) is 2.86. The summed E-state index contributed by atoms with van der Waals surface area (Å²) in [4.78, 5) is 20.5. The molecule has 0 unspecified atom stereocenters. The molecule has 1 aliphatic heterocycles. The van der Waals surface area contributed by atoms with Crippen molar-refractivity contribution in [1.29, 1.82) is 0 Å². The number of pyridine rings is 1. The minimum absolute atomic E-state index is 0.190. The molecule has 122 valence electrons. The van der Waals surface area contributed by atoms with Crippen molar-refractivity contribution in [3.8, 4) is 0 Å². The van der Waals surface area contributed by atoms with Crippen molar-refractivity contribution in [3.05, 3.63) is 30.1 Å². The highest BCUT2D eigenvalue weighted by molar-refractivity contribution is 5.69. The molecule has 1 atom stereocenters. The zero-order chi connectivity index (χ0) is 16.2. The van der Waals surface area contributed by atoms with E-state index >= 15 is 0 Å². The normalized spacial score (nSPS) is 18.8. The second-order valence-corrected chi connectivity index (χ2v) is 7.03. The Morgan fingerprint density at radius 1 is 1.50 bits per heavy atom. The van der Waals surface area contributed by atoms with E-state index in [-0.39, 0.29) is 12.1 Å². The van der Waals surface area contributed by atoms with Gasteiger partial charge in [0.1, 0.15) is 5.60 Å². The fourth-order valence-electron chi connectivity index (χ4n) is 2.81. The lowest BCUT2D eigenvalue weighted by atomic mass is 10.2. The summed E-state index contributed by atoms with van der Waals surface area (Å²) in [6.45, 7) is 8.21. The third-order valence-electron chi connectivity index (χ3n) is 3.70. The zero-order valence-electron chi connectivity index (χ0n) is 14.1. The fourth-order valence-corrected chi connectivity index (χ4v) is 2.81. The average molecular weight is 305 g/mol. The lowest BCUT2D eigenvalue weighted by molar-refractivity contribution is 0.0201. The molecular formula is C17H27N3O2. The van der Waals surface area contributed by atoms with Crippen LogP contribution in [0.15, 0.2) is 24.5 Å². The molecule has 1 aliphatic rings. The van der Waals surface area contributed by atoms with Gasteiger partial charge in [0.15, 0.2) is 0 Å². The van der Waals surface area contributed by atoms with Gasteiger partial charge in [-0.25, -0.2) is 4.79 Å². The van der Waals surface area contributed by atoms with Crippen molar-refractivity contribution < 1.29 is 9.53 Å². The molecule has 1 saturated heterocycles. The monoisotopic (exact) mass is 305 g/mol. The van der Waals surface area contributed by atoms with E-state index in [0.717, 1.165) is 32.5 Å².